The fourth-order valence-electron chi connectivity index (χ4n) is 1.63. The number of hydrogen-bond acceptors (Lipinski definition) is 3. The van der Waals surface area contributed by atoms with Crippen LogP contribution in [-0.2, 0) is 0 Å². The molecule has 1 fully saturated rings. The molecule has 0 aliphatic heterocycles. The van der Waals surface area contributed by atoms with Gasteiger partial charge in [-0.15, -0.1) is 0 Å². The number of nitrogens with zero attached hydrogens (tertiary/aromatic N) is 1. The van der Waals surface area contributed by atoms with Gasteiger partial charge in [0.1, 0.15) is 0 Å². The van der Waals surface area contributed by atoms with E-state index >= 15 is 0 Å². The molecule has 0 unspecified atom stereocenters. The molecule has 0 aromatic carbocycles. The van der Waals surface area contributed by atoms with Gasteiger partial charge in [0.15, 0.2) is 0 Å². The van der Waals surface area contributed by atoms with E-state index in [1.54, 1.807) is 0 Å². The molecule has 0 amide bonds. The van der Waals surface area contributed by atoms with Crippen molar-refractivity contribution in [1.82, 2.24) is 4.98 Å². The van der Waals surface area contributed by atoms with E-state index in [1.165, 1.54) is 11.3 Å². The van der Waals surface area contributed by atoms with Gasteiger partial charge in [-0.25, -0.2) is 0 Å². The number of pyridine rings is 1. The highest BCUT2D eigenvalue weighted by Crippen LogP contribution is 2.23. The minimum atomic E-state index is 0.402. The Morgan fingerprint density at radius 2 is 2.31 bits per heavy atom. The molecule has 3 heteroatoms. The van der Waals surface area contributed by atoms with Crippen LogP contribution >= 0.6 is 0 Å². The van der Waals surface area contributed by atoms with Crippen molar-refractivity contribution < 1.29 is 0 Å². The Labute approximate surface area is 78.4 Å². The van der Waals surface area contributed by atoms with Gasteiger partial charge >= 0.3 is 0 Å². The molecule has 2 rings (SSSR count). The van der Waals surface area contributed by atoms with Crippen LogP contribution in [0.2, 0.25) is 0 Å². The Bertz CT molecular complexity index is 292. The third-order valence-electron chi connectivity index (χ3n) is 2.55. The average Bonchev–Trinajstić information content (AvgIpc) is 2.06. The van der Waals surface area contributed by atoms with Crippen molar-refractivity contribution in [1.29, 1.82) is 0 Å². The molecule has 0 bridgehead atoms. The van der Waals surface area contributed by atoms with Crippen molar-refractivity contribution in [2.75, 3.05) is 5.32 Å². The lowest BCUT2D eigenvalue weighted by molar-refractivity contribution is 0.373. The summed E-state index contributed by atoms with van der Waals surface area (Å²) in [6.45, 7) is 2.06. The van der Waals surface area contributed by atoms with E-state index in [-0.39, 0.29) is 0 Å². The predicted octanol–water partition coefficient (Wildman–Crippen LogP) is 1.29. The molecule has 0 saturated heterocycles. The Morgan fingerprint density at radius 1 is 1.54 bits per heavy atom. The lowest BCUT2D eigenvalue weighted by Gasteiger charge is -2.34. The zero-order valence-electron chi connectivity index (χ0n) is 7.83. The number of aryl methyl sites for hydroxylation is 1. The summed E-state index contributed by atoms with van der Waals surface area (Å²) in [4.78, 5) is 4.05. The van der Waals surface area contributed by atoms with E-state index in [4.69, 9.17) is 5.73 Å². The maximum atomic E-state index is 5.71. The molecule has 1 aliphatic carbocycles. The minimum Gasteiger partial charge on any atom is -0.382 e. The van der Waals surface area contributed by atoms with Gasteiger partial charge in [-0.1, -0.05) is 0 Å². The Balaban J connectivity index is 1.98. The first-order valence-corrected chi connectivity index (χ1v) is 4.68. The van der Waals surface area contributed by atoms with Crippen molar-refractivity contribution in [2.45, 2.75) is 31.8 Å². The number of nitrogens with one attached hydrogen (secondary N) is 1. The highest BCUT2D eigenvalue weighted by Gasteiger charge is 2.25. The zero-order valence-corrected chi connectivity index (χ0v) is 7.83. The second-order valence-electron chi connectivity index (χ2n) is 3.76. The summed E-state index contributed by atoms with van der Waals surface area (Å²) in [6.07, 6.45) is 5.86. The first-order valence-electron chi connectivity index (χ1n) is 4.68. The third kappa shape index (κ3) is 1.80. The van der Waals surface area contributed by atoms with E-state index in [1.807, 2.05) is 18.5 Å². The number of nitrogens with two attached hydrogens (primary N) is 1. The molecule has 13 heavy (non-hydrogen) atoms. The van der Waals surface area contributed by atoms with Crippen LogP contribution in [0.15, 0.2) is 18.5 Å². The fraction of sp³-hybridized carbons (Fsp3) is 0.500. The van der Waals surface area contributed by atoms with Crippen LogP contribution in [0.25, 0.3) is 0 Å². The van der Waals surface area contributed by atoms with Crippen molar-refractivity contribution in [3.63, 3.8) is 0 Å². The van der Waals surface area contributed by atoms with E-state index in [0.717, 1.165) is 12.8 Å². The summed E-state index contributed by atoms with van der Waals surface area (Å²) in [5, 5.41) is 3.46. The van der Waals surface area contributed by atoms with Gasteiger partial charge in [-0.2, -0.15) is 0 Å². The highest BCUT2D eigenvalue weighted by molar-refractivity contribution is 5.49. The molecule has 3 N–H and O–H groups in total. The van der Waals surface area contributed by atoms with Gasteiger partial charge in [-0.05, 0) is 31.4 Å². The van der Waals surface area contributed by atoms with Gasteiger partial charge < -0.3 is 11.1 Å². The largest absolute Gasteiger partial charge is 0.382 e. The molecular weight excluding hydrogens is 162 g/mol. The van der Waals surface area contributed by atoms with Crippen LogP contribution in [0.5, 0.6) is 0 Å². The molecule has 1 heterocycles. The second-order valence-corrected chi connectivity index (χ2v) is 3.76. The van der Waals surface area contributed by atoms with Crippen LogP contribution in [0.3, 0.4) is 0 Å². The molecule has 0 atom stereocenters. The second kappa shape index (κ2) is 3.34. The number of aromatic nitrogens is 1. The maximum Gasteiger partial charge on any atom is 0.0402 e. The van der Waals surface area contributed by atoms with Crippen molar-refractivity contribution in [3.8, 4) is 0 Å². The molecule has 1 aliphatic rings. The van der Waals surface area contributed by atoms with Crippen LogP contribution < -0.4 is 11.1 Å². The molecule has 1 saturated carbocycles. The first-order chi connectivity index (χ1) is 6.25. The van der Waals surface area contributed by atoms with E-state index in [2.05, 4.69) is 17.2 Å². The van der Waals surface area contributed by atoms with Crippen molar-refractivity contribution in [3.05, 3.63) is 24.0 Å². The van der Waals surface area contributed by atoms with Gasteiger partial charge in [-0.3, -0.25) is 4.98 Å². The average molecular weight is 177 g/mol. The molecule has 0 spiro atoms. The Kier molecular flexibility index (Phi) is 2.19. The molecular formula is C10H15N3. The van der Waals surface area contributed by atoms with E-state index < -0.39 is 0 Å². The Hall–Kier alpha value is -1.09. The normalized spacial score (nSPS) is 26.6. The molecule has 3 nitrogen and oxygen atoms in total. The van der Waals surface area contributed by atoms with Gasteiger partial charge in [0.05, 0.1) is 0 Å². The quantitative estimate of drug-likeness (QED) is 0.715. The van der Waals surface area contributed by atoms with E-state index in [9.17, 15) is 0 Å². The summed E-state index contributed by atoms with van der Waals surface area (Å²) < 4.78 is 0. The molecule has 1 aromatic heterocycles. The fourth-order valence-corrected chi connectivity index (χ4v) is 1.63. The van der Waals surface area contributed by atoms with Crippen molar-refractivity contribution >= 4 is 5.69 Å². The molecule has 70 valence electrons. The molecule has 0 radical (unpaired) electrons. The minimum absolute atomic E-state index is 0.402. The highest BCUT2D eigenvalue weighted by atomic mass is 15.0. The van der Waals surface area contributed by atoms with Crippen LogP contribution in [-0.4, -0.2) is 17.1 Å². The number of hydrogen-bond donors (Lipinski definition) is 2. The SMILES string of the molecule is Cc1cnccc1NC1CC(N)C1. The van der Waals surface area contributed by atoms with Gasteiger partial charge in [0.25, 0.3) is 0 Å². The zero-order chi connectivity index (χ0) is 9.26. The maximum absolute atomic E-state index is 5.71. The van der Waals surface area contributed by atoms with Crippen LogP contribution in [0.4, 0.5) is 5.69 Å². The predicted molar refractivity (Wildman–Crippen MR) is 53.6 cm³/mol. The first kappa shape index (κ1) is 8.51. The van der Waals surface area contributed by atoms with Crippen molar-refractivity contribution in [2.24, 2.45) is 5.73 Å². The smallest absolute Gasteiger partial charge is 0.0402 e. The number of anilines is 1. The third-order valence-corrected chi connectivity index (χ3v) is 2.55. The lowest BCUT2D eigenvalue weighted by atomic mass is 9.87. The summed E-state index contributed by atoms with van der Waals surface area (Å²) in [5.41, 5.74) is 8.09. The topological polar surface area (TPSA) is 50.9 Å². The summed E-state index contributed by atoms with van der Waals surface area (Å²) in [6, 6.07) is 2.98. The summed E-state index contributed by atoms with van der Waals surface area (Å²) >= 11 is 0. The standard InChI is InChI=1S/C10H15N3/c1-7-6-12-3-2-10(7)13-9-4-8(11)5-9/h2-3,6,8-9H,4-5,11H2,1H3,(H,12,13). The van der Waals surface area contributed by atoms with Gasteiger partial charge in [0.2, 0.25) is 0 Å². The lowest BCUT2D eigenvalue weighted by Crippen LogP contribution is -2.44. The summed E-state index contributed by atoms with van der Waals surface area (Å²) in [5.74, 6) is 0. The van der Waals surface area contributed by atoms with Crippen LogP contribution in [0.1, 0.15) is 18.4 Å². The summed E-state index contributed by atoms with van der Waals surface area (Å²) in [7, 11) is 0. The van der Waals surface area contributed by atoms with Gasteiger partial charge in [0, 0.05) is 30.2 Å². The van der Waals surface area contributed by atoms with Crippen LogP contribution in [0, 0.1) is 6.92 Å². The van der Waals surface area contributed by atoms with E-state index in [0.29, 0.717) is 12.1 Å². The monoisotopic (exact) mass is 177 g/mol. The number of rotatable bonds is 2. The molecule has 1 aromatic rings. The Morgan fingerprint density at radius 3 is 2.92 bits per heavy atom.